The number of carbonyl (C=O) groups is 3. The number of rotatable bonds is 5. The Hall–Kier alpha value is -3.68. The molecule has 0 aliphatic rings. The second-order valence-electron chi connectivity index (χ2n) is 5.71. The molecule has 8 nitrogen and oxygen atoms in total. The van der Waals surface area contributed by atoms with Crippen molar-refractivity contribution >= 4 is 34.6 Å². The number of methoxy groups -OCH3 is 1. The van der Waals surface area contributed by atoms with E-state index in [4.69, 9.17) is 4.74 Å². The van der Waals surface area contributed by atoms with E-state index in [0.717, 1.165) is 5.52 Å². The van der Waals surface area contributed by atoms with Gasteiger partial charge in [0.05, 0.1) is 41.3 Å². The Labute approximate surface area is 154 Å². The molecule has 1 amide bonds. The molecule has 3 rings (SSSR count). The number of para-hydroxylation sites is 1. The molecule has 0 aliphatic carbocycles. The quantitative estimate of drug-likeness (QED) is 0.671. The lowest BCUT2D eigenvalue weighted by molar-refractivity contribution is -0.123. The third kappa shape index (κ3) is 3.95. The van der Waals surface area contributed by atoms with Crippen molar-refractivity contribution in [3.05, 3.63) is 59.9 Å². The second kappa shape index (κ2) is 7.69. The van der Waals surface area contributed by atoms with Crippen molar-refractivity contribution in [2.24, 2.45) is 0 Å². The molecule has 0 fully saturated rings. The average Bonchev–Trinajstić information content (AvgIpc) is 3.15. The van der Waals surface area contributed by atoms with E-state index in [9.17, 15) is 14.4 Å². The van der Waals surface area contributed by atoms with Gasteiger partial charge in [0.1, 0.15) is 0 Å². The van der Waals surface area contributed by atoms with Crippen LogP contribution in [0.5, 0.6) is 0 Å². The lowest BCUT2D eigenvalue weighted by Gasteiger charge is -2.15. The summed E-state index contributed by atoms with van der Waals surface area (Å²) < 4.78 is 9.91. The monoisotopic (exact) mass is 367 g/mol. The Morgan fingerprint density at radius 1 is 1.11 bits per heavy atom. The van der Waals surface area contributed by atoms with Gasteiger partial charge in [0.25, 0.3) is 5.91 Å². The summed E-state index contributed by atoms with van der Waals surface area (Å²) in [6, 6.07) is 11.3. The minimum atomic E-state index is -1.07. The number of anilines is 1. The van der Waals surface area contributed by atoms with E-state index < -0.39 is 23.9 Å². The Balaban J connectivity index is 1.69. The van der Waals surface area contributed by atoms with E-state index in [-0.39, 0.29) is 11.3 Å². The Morgan fingerprint density at radius 3 is 2.67 bits per heavy atom. The summed E-state index contributed by atoms with van der Waals surface area (Å²) in [5.74, 6) is -1.79. The van der Waals surface area contributed by atoms with E-state index in [0.29, 0.717) is 11.1 Å². The summed E-state index contributed by atoms with van der Waals surface area (Å²) in [5, 5.41) is 2.57. The average molecular weight is 367 g/mol. The molecule has 8 heteroatoms. The first-order chi connectivity index (χ1) is 13.0. The van der Waals surface area contributed by atoms with Crippen LogP contribution >= 0.6 is 0 Å². The van der Waals surface area contributed by atoms with E-state index in [1.807, 2.05) is 0 Å². The lowest BCUT2D eigenvalue weighted by atomic mass is 10.1. The molecule has 1 aromatic heterocycles. The van der Waals surface area contributed by atoms with Crippen LogP contribution in [0.25, 0.3) is 11.0 Å². The van der Waals surface area contributed by atoms with E-state index in [1.54, 1.807) is 36.4 Å². The molecule has 138 valence electrons. The lowest BCUT2D eigenvalue weighted by Crippen LogP contribution is -2.30. The molecule has 0 aliphatic heterocycles. The summed E-state index contributed by atoms with van der Waals surface area (Å²) in [6.45, 7) is 1.45. The number of nitrogens with one attached hydrogen (secondary N) is 2. The number of hydrogen-bond acceptors (Lipinski definition) is 6. The van der Waals surface area contributed by atoms with Gasteiger partial charge in [-0.3, -0.25) is 4.79 Å². The molecule has 0 saturated carbocycles. The highest BCUT2D eigenvalue weighted by molar-refractivity contribution is 6.03. The zero-order valence-corrected chi connectivity index (χ0v) is 14.7. The summed E-state index contributed by atoms with van der Waals surface area (Å²) in [7, 11) is 1.25. The molecule has 0 saturated heterocycles. The summed E-state index contributed by atoms with van der Waals surface area (Å²) in [5.41, 5.74) is 2.18. The van der Waals surface area contributed by atoms with Crippen LogP contribution in [-0.4, -0.2) is 41.0 Å². The topological polar surface area (TPSA) is 110 Å². The van der Waals surface area contributed by atoms with E-state index in [2.05, 4.69) is 20.0 Å². The number of esters is 2. The summed E-state index contributed by atoms with van der Waals surface area (Å²) >= 11 is 0. The predicted molar refractivity (Wildman–Crippen MR) is 97.4 cm³/mol. The number of fused-ring (bicyclic) bond motifs is 1. The third-order valence-corrected chi connectivity index (χ3v) is 3.90. The van der Waals surface area contributed by atoms with Gasteiger partial charge in [-0.1, -0.05) is 12.1 Å². The predicted octanol–water partition coefficient (Wildman–Crippen LogP) is 2.53. The van der Waals surface area contributed by atoms with Crippen molar-refractivity contribution in [2.75, 3.05) is 12.4 Å². The van der Waals surface area contributed by atoms with Crippen LogP contribution in [0.1, 0.15) is 27.6 Å². The molecule has 2 N–H and O–H groups in total. The first-order valence-corrected chi connectivity index (χ1v) is 8.12. The van der Waals surface area contributed by atoms with E-state index >= 15 is 0 Å². The number of amides is 1. The van der Waals surface area contributed by atoms with Crippen LogP contribution < -0.4 is 5.32 Å². The van der Waals surface area contributed by atoms with Crippen LogP contribution in [0.3, 0.4) is 0 Å². The molecule has 3 aromatic rings. The van der Waals surface area contributed by atoms with Crippen molar-refractivity contribution in [1.29, 1.82) is 0 Å². The molecule has 0 bridgehead atoms. The fourth-order valence-electron chi connectivity index (χ4n) is 2.46. The number of aromatic amines is 1. The molecule has 1 atom stereocenters. The fraction of sp³-hybridized carbons (Fsp3) is 0.158. The highest BCUT2D eigenvalue weighted by Gasteiger charge is 2.21. The number of H-pyrrole nitrogens is 1. The minimum absolute atomic E-state index is 0.205. The third-order valence-electron chi connectivity index (χ3n) is 3.90. The van der Waals surface area contributed by atoms with Crippen molar-refractivity contribution < 1.29 is 23.9 Å². The molecule has 1 unspecified atom stereocenters. The maximum Gasteiger partial charge on any atom is 0.339 e. The van der Waals surface area contributed by atoms with Crippen LogP contribution in [0.15, 0.2) is 48.8 Å². The number of benzene rings is 2. The highest BCUT2D eigenvalue weighted by atomic mass is 16.5. The van der Waals surface area contributed by atoms with Gasteiger partial charge in [0.15, 0.2) is 6.10 Å². The number of carbonyl (C=O) groups excluding carboxylic acids is 3. The second-order valence-corrected chi connectivity index (χ2v) is 5.71. The number of aromatic nitrogens is 2. The zero-order chi connectivity index (χ0) is 19.4. The maximum absolute atomic E-state index is 12.4. The van der Waals surface area contributed by atoms with Gasteiger partial charge >= 0.3 is 11.9 Å². The van der Waals surface area contributed by atoms with Gasteiger partial charge in [0, 0.05) is 0 Å². The number of imidazole rings is 1. The van der Waals surface area contributed by atoms with E-state index in [1.165, 1.54) is 26.4 Å². The smallest absolute Gasteiger partial charge is 0.339 e. The molecule has 0 spiro atoms. The van der Waals surface area contributed by atoms with Crippen molar-refractivity contribution in [3.63, 3.8) is 0 Å². The van der Waals surface area contributed by atoms with Gasteiger partial charge in [-0.05, 0) is 37.3 Å². The van der Waals surface area contributed by atoms with Crippen LogP contribution in [-0.2, 0) is 14.3 Å². The molecular formula is C19H17N3O5. The Kier molecular flexibility index (Phi) is 5.16. The van der Waals surface area contributed by atoms with Gasteiger partial charge in [-0.2, -0.15) is 0 Å². The maximum atomic E-state index is 12.4. The number of ether oxygens (including phenoxy) is 2. The van der Waals surface area contributed by atoms with Gasteiger partial charge in [-0.15, -0.1) is 0 Å². The Morgan fingerprint density at radius 2 is 1.89 bits per heavy atom. The van der Waals surface area contributed by atoms with Crippen LogP contribution in [0.4, 0.5) is 5.69 Å². The molecule has 0 radical (unpaired) electrons. The number of nitrogens with zero attached hydrogens (tertiary/aromatic N) is 1. The first kappa shape index (κ1) is 18.1. The molecule has 27 heavy (non-hydrogen) atoms. The number of hydrogen-bond donors (Lipinski definition) is 2. The fourth-order valence-corrected chi connectivity index (χ4v) is 2.46. The standard InChI is InChI=1S/C19H17N3O5/c1-11(17(23)22-14-6-4-3-5-13(14)19(25)26-2)27-18(24)12-7-8-15-16(9-12)21-10-20-15/h3-11H,1-2H3,(H,20,21)(H,22,23). The van der Waals surface area contributed by atoms with Crippen LogP contribution in [0, 0.1) is 0 Å². The van der Waals surface area contributed by atoms with Crippen molar-refractivity contribution in [3.8, 4) is 0 Å². The summed E-state index contributed by atoms with van der Waals surface area (Å²) in [6.07, 6.45) is 0.454. The summed E-state index contributed by atoms with van der Waals surface area (Å²) in [4.78, 5) is 43.4. The van der Waals surface area contributed by atoms with Gasteiger partial charge in [0.2, 0.25) is 0 Å². The van der Waals surface area contributed by atoms with Crippen molar-refractivity contribution in [2.45, 2.75) is 13.0 Å². The Bertz CT molecular complexity index is 1010. The highest BCUT2D eigenvalue weighted by Crippen LogP contribution is 2.17. The molecule has 2 aromatic carbocycles. The normalized spacial score (nSPS) is 11.6. The van der Waals surface area contributed by atoms with Gasteiger partial charge in [-0.25, -0.2) is 14.6 Å². The first-order valence-electron chi connectivity index (χ1n) is 8.12. The molecule has 1 heterocycles. The van der Waals surface area contributed by atoms with Gasteiger partial charge < -0.3 is 19.8 Å². The SMILES string of the molecule is COC(=O)c1ccccc1NC(=O)C(C)OC(=O)c1ccc2nc[nH]c2c1. The largest absolute Gasteiger partial charge is 0.465 e. The van der Waals surface area contributed by atoms with Crippen LogP contribution in [0.2, 0.25) is 0 Å². The molecular weight excluding hydrogens is 350 g/mol. The minimum Gasteiger partial charge on any atom is -0.465 e. The van der Waals surface area contributed by atoms with Crippen molar-refractivity contribution in [1.82, 2.24) is 9.97 Å². The zero-order valence-electron chi connectivity index (χ0n) is 14.7.